The van der Waals surface area contributed by atoms with Crippen molar-refractivity contribution in [3.05, 3.63) is 16.2 Å². The number of fused-ring (bicyclic) bond motifs is 1. The number of nitrogens with one attached hydrogen (secondary N) is 2. The van der Waals surface area contributed by atoms with Crippen molar-refractivity contribution >= 4 is 45.4 Å². The molecule has 2 N–H and O–H groups in total. The van der Waals surface area contributed by atoms with Gasteiger partial charge in [0.2, 0.25) is 11.8 Å². The lowest BCUT2D eigenvalue weighted by atomic mass is 10.4. The predicted molar refractivity (Wildman–Crippen MR) is 66.8 cm³/mol. The van der Waals surface area contributed by atoms with E-state index in [4.69, 9.17) is 0 Å². The summed E-state index contributed by atoms with van der Waals surface area (Å²) in [6.07, 6.45) is 3.97. The summed E-state index contributed by atoms with van der Waals surface area (Å²) in [5.74, 6) is -0.296. The Morgan fingerprint density at radius 1 is 1.24 bits per heavy atom. The number of imide groups is 1. The molecule has 1 saturated heterocycles. The number of aromatic amines is 1. The zero-order valence-corrected chi connectivity index (χ0v) is 10.8. The van der Waals surface area contributed by atoms with Crippen LogP contribution in [0.1, 0.15) is 12.8 Å². The first-order chi connectivity index (χ1) is 8.16. The first kappa shape index (κ1) is 11.9. The summed E-state index contributed by atoms with van der Waals surface area (Å²) in [5.41, 5.74) is 1.77. The van der Waals surface area contributed by atoms with Crippen LogP contribution in [0.2, 0.25) is 0 Å². The molecule has 0 aromatic carbocycles. The topological polar surface area (TPSA) is 101 Å². The maximum absolute atomic E-state index is 10.1. The smallest absolute Gasteiger partial charge is 0.227 e. The van der Waals surface area contributed by atoms with Gasteiger partial charge in [0, 0.05) is 12.8 Å². The van der Waals surface area contributed by atoms with Crippen LogP contribution >= 0.6 is 22.6 Å². The van der Waals surface area contributed by atoms with Gasteiger partial charge in [-0.05, 0) is 22.6 Å². The van der Waals surface area contributed by atoms with E-state index in [0.29, 0.717) is 12.8 Å². The van der Waals surface area contributed by atoms with Crippen molar-refractivity contribution in [3.8, 4) is 0 Å². The van der Waals surface area contributed by atoms with Gasteiger partial charge >= 0.3 is 0 Å². The number of hydrogen-bond acceptors (Lipinski definition) is 5. The van der Waals surface area contributed by atoms with Crippen molar-refractivity contribution in [1.82, 2.24) is 25.5 Å². The van der Waals surface area contributed by atoms with Gasteiger partial charge in [-0.3, -0.25) is 20.0 Å². The van der Waals surface area contributed by atoms with Crippen LogP contribution in [0.25, 0.3) is 11.0 Å². The summed E-state index contributed by atoms with van der Waals surface area (Å²) in [6, 6.07) is 0. The summed E-state index contributed by atoms with van der Waals surface area (Å²) in [4.78, 5) is 28.1. The van der Waals surface area contributed by atoms with E-state index in [9.17, 15) is 9.59 Å². The van der Waals surface area contributed by atoms with E-state index in [1.807, 2.05) is 0 Å². The summed E-state index contributed by atoms with van der Waals surface area (Å²) in [5, 5.41) is 8.90. The molecular formula is C9H8IN5O2. The molecule has 0 saturated carbocycles. The van der Waals surface area contributed by atoms with Crippen molar-refractivity contribution in [2.45, 2.75) is 12.8 Å². The van der Waals surface area contributed by atoms with Crippen LogP contribution in [0, 0.1) is 3.70 Å². The quantitative estimate of drug-likeness (QED) is 0.531. The molecule has 0 radical (unpaired) electrons. The number of halogens is 1. The lowest BCUT2D eigenvalue weighted by Gasteiger charge is -1.82. The lowest BCUT2D eigenvalue weighted by Crippen LogP contribution is -2.18. The average Bonchev–Trinajstić information content (AvgIpc) is 2.88. The molecule has 8 heteroatoms. The molecule has 2 aromatic heterocycles. The van der Waals surface area contributed by atoms with E-state index in [1.165, 1.54) is 6.33 Å². The molecule has 2 aromatic rings. The molecule has 3 heterocycles. The van der Waals surface area contributed by atoms with Gasteiger partial charge in [-0.1, -0.05) is 0 Å². The molecule has 7 nitrogen and oxygen atoms in total. The molecule has 1 fully saturated rings. The van der Waals surface area contributed by atoms with Crippen molar-refractivity contribution in [2.75, 3.05) is 0 Å². The largest absolute Gasteiger partial charge is 0.296 e. The fourth-order valence-electron chi connectivity index (χ4n) is 1.25. The SMILES string of the molecule is Ic1n[nH]c2cncnc12.O=C1CCC(=O)N1. The fraction of sp³-hybridized carbons (Fsp3) is 0.222. The first-order valence-electron chi connectivity index (χ1n) is 4.79. The minimum atomic E-state index is -0.148. The Bertz CT molecular complexity index is 553. The van der Waals surface area contributed by atoms with E-state index >= 15 is 0 Å². The van der Waals surface area contributed by atoms with Crippen molar-refractivity contribution in [1.29, 1.82) is 0 Å². The molecule has 88 valence electrons. The number of carbonyl (C=O) groups is 2. The third kappa shape index (κ3) is 2.96. The standard InChI is InChI=1S/C5H3IN4.C4H5NO2/c6-5-4-3(9-10-5)1-7-2-8-4;6-3-1-2-4(7)5-3/h1-2H,(H,9,10);1-2H2,(H,5,6,7). The lowest BCUT2D eigenvalue weighted by molar-refractivity contribution is -0.124. The molecule has 1 aliphatic heterocycles. The van der Waals surface area contributed by atoms with Gasteiger partial charge in [0.25, 0.3) is 0 Å². The van der Waals surface area contributed by atoms with Crippen LogP contribution in [0.4, 0.5) is 0 Å². The third-order valence-corrected chi connectivity index (χ3v) is 2.79. The second-order valence-corrected chi connectivity index (χ2v) is 4.29. The molecule has 0 spiro atoms. The van der Waals surface area contributed by atoms with Gasteiger partial charge in [-0.25, -0.2) is 9.97 Å². The molecular weight excluding hydrogens is 337 g/mol. The number of hydrogen-bond donors (Lipinski definition) is 2. The minimum Gasteiger partial charge on any atom is -0.296 e. The van der Waals surface area contributed by atoms with Crippen LogP contribution < -0.4 is 5.32 Å². The second-order valence-electron chi connectivity index (χ2n) is 3.27. The molecule has 0 aliphatic carbocycles. The molecule has 2 amide bonds. The molecule has 17 heavy (non-hydrogen) atoms. The van der Waals surface area contributed by atoms with E-state index in [2.05, 4.69) is 48.1 Å². The molecule has 0 unspecified atom stereocenters. The molecule has 3 rings (SSSR count). The number of carbonyl (C=O) groups excluding carboxylic acids is 2. The van der Waals surface area contributed by atoms with Gasteiger partial charge in [0.15, 0.2) is 0 Å². The zero-order chi connectivity index (χ0) is 12.3. The van der Waals surface area contributed by atoms with Gasteiger partial charge < -0.3 is 0 Å². The van der Waals surface area contributed by atoms with E-state index in [0.717, 1.165) is 14.7 Å². The third-order valence-electron chi connectivity index (χ3n) is 2.04. The molecule has 1 aliphatic rings. The molecule has 0 atom stereocenters. The Morgan fingerprint density at radius 2 is 1.94 bits per heavy atom. The fourth-order valence-corrected chi connectivity index (χ4v) is 1.80. The monoisotopic (exact) mass is 345 g/mol. The number of amides is 2. The van der Waals surface area contributed by atoms with Gasteiger partial charge in [-0.15, -0.1) is 0 Å². The van der Waals surface area contributed by atoms with Crippen LogP contribution in [-0.4, -0.2) is 32.0 Å². The van der Waals surface area contributed by atoms with Crippen LogP contribution in [0.15, 0.2) is 12.5 Å². The number of nitrogens with zero attached hydrogens (tertiary/aromatic N) is 3. The first-order valence-corrected chi connectivity index (χ1v) is 5.87. The highest BCUT2D eigenvalue weighted by atomic mass is 127. The van der Waals surface area contributed by atoms with E-state index in [-0.39, 0.29) is 11.8 Å². The summed E-state index contributed by atoms with van der Waals surface area (Å²) >= 11 is 2.12. The Kier molecular flexibility index (Phi) is 3.61. The Hall–Kier alpha value is -1.58. The van der Waals surface area contributed by atoms with Crippen molar-refractivity contribution in [2.24, 2.45) is 0 Å². The van der Waals surface area contributed by atoms with Gasteiger partial charge in [0.05, 0.1) is 6.20 Å². The molecule has 0 bridgehead atoms. The van der Waals surface area contributed by atoms with Crippen LogP contribution in [0.3, 0.4) is 0 Å². The summed E-state index contributed by atoms with van der Waals surface area (Å²) in [6.45, 7) is 0. The highest BCUT2D eigenvalue weighted by Crippen LogP contribution is 2.11. The maximum Gasteiger partial charge on any atom is 0.227 e. The Balaban J connectivity index is 0.000000136. The Labute approximate surface area is 110 Å². The van der Waals surface area contributed by atoms with Gasteiger partial charge in [0.1, 0.15) is 21.1 Å². The van der Waals surface area contributed by atoms with E-state index < -0.39 is 0 Å². The maximum atomic E-state index is 10.1. The van der Waals surface area contributed by atoms with E-state index in [1.54, 1.807) is 6.20 Å². The van der Waals surface area contributed by atoms with Crippen LogP contribution in [0.5, 0.6) is 0 Å². The highest BCUT2D eigenvalue weighted by molar-refractivity contribution is 14.1. The minimum absolute atomic E-state index is 0.148. The van der Waals surface area contributed by atoms with Crippen molar-refractivity contribution in [3.63, 3.8) is 0 Å². The summed E-state index contributed by atoms with van der Waals surface area (Å²) in [7, 11) is 0. The highest BCUT2D eigenvalue weighted by Gasteiger charge is 2.15. The zero-order valence-electron chi connectivity index (χ0n) is 8.61. The van der Waals surface area contributed by atoms with Gasteiger partial charge in [-0.2, -0.15) is 5.10 Å². The number of rotatable bonds is 0. The normalized spacial score (nSPS) is 14.4. The second kappa shape index (κ2) is 5.17. The number of aromatic nitrogens is 4. The Morgan fingerprint density at radius 3 is 2.47 bits per heavy atom. The summed E-state index contributed by atoms with van der Waals surface area (Å²) < 4.78 is 0.884. The van der Waals surface area contributed by atoms with Crippen LogP contribution in [-0.2, 0) is 9.59 Å². The van der Waals surface area contributed by atoms with Crippen molar-refractivity contribution < 1.29 is 9.59 Å². The number of H-pyrrole nitrogens is 1. The average molecular weight is 345 g/mol. The predicted octanol–water partition coefficient (Wildman–Crippen LogP) is 0.380.